The van der Waals surface area contributed by atoms with E-state index >= 15 is 0 Å². The van der Waals surface area contributed by atoms with Crippen molar-refractivity contribution in [3.63, 3.8) is 0 Å². The van der Waals surface area contributed by atoms with Crippen LogP contribution in [0.25, 0.3) is 0 Å². The lowest BCUT2D eigenvalue weighted by molar-refractivity contribution is 0.560. The number of benzene rings is 1. The summed E-state index contributed by atoms with van der Waals surface area (Å²) in [6.45, 7) is -0.0155. The van der Waals surface area contributed by atoms with Crippen molar-refractivity contribution in [2.45, 2.75) is 23.9 Å². The molecule has 1 saturated heterocycles. The first-order chi connectivity index (χ1) is 8.94. The van der Waals surface area contributed by atoms with E-state index in [0.29, 0.717) is 0 Å². The van der Waals surface area contributed by atoms with E-state index in [9.17, 15) is 12.8 Å². The molecule has 3 N–H and O–H groups in total. The summed E-state index contributed by atoms with van der Waals surface area (Å²) in [6.07, 6.45) is 0.781. The van der Waals surface area contributed by atoms with E-state index in [1.54, 1.807) is 11.8 Å². The van der Waals surface area contributed by atoms with Crippen molar-refractivity contribution in [3.8, 4) is 0 Å². The average molecular weight is 325 g/mol. The molecular formula is C11H14ClFN2O2S2. The second kappa shape index (κ2) is 5.97. The number of hydrogen-bond donors (Lipinski definition) is 2. The highest BCUT2D eigenvalue weighted by molar-refractivity contribution is 7.99. The molecule has 0 saturated carbocycles. The Bertz CT molecular complexity index is 574. The molecule has 0 radical (unpaired) electrons. The Labute approximate surface area is 120 Å². The molecule has 106 valence electrons. The molecule has 1 atom stereocenters. The molecule has 2 rings (SSSR count). The van der Waals surface area contributed by atoms with Crippen LogP contribution in [0.2, 0.25) is 5.02 Å². The van der Waals surface area contributed by atoms with Gasteiger partial charge in [0.25, 0.3) is 0 Å². The maximum absolute atomic E-state index is 13.6. The van der Waals surface area contributed by atoms with Gasteiger partial charge in [-0.3, -0.25) is 0 Å². The minimum atomic E-state index is -3.73. The zero-order valence-electron chi connectivity index (χ0n) is 10.0. The molecule has 0 aromatic heterocycles. The maximum atomic E-state index is 13.6. The number of nitrogens with one attached hydrogen (secondary N) is 1. The van der Waals surface area contributed by atoms with Crippen LogP contribution in [-0.2, 0) is 16.6 Å². The number of nitrogens with two attached hydrogens (primary N) is 1. The minimum Gasteiger partial charge on any atom is -0.326 e. The van der Waals surface area contributed by atoms with Crippen LogP contribution in [0.3, 0.4) is 0 Å². The molecule has 1 aliphatic heterocycles. The lowest BCUT2D eigenvalue weighted by Gasteiger charge is -2.13. The Kier molecular flexibility index (Phi) is 4.73. The smallest absolute Gasteiger partial charge is 0.240 e. The third-order valence-corrected chi connectivity index (χ3v) is 5.94. The van der Waals surface area contributed by atoms with Crippen LogP contribution in [0.4, 0.5) is 4.39 Å². The molecule has 19 heavy (non-hydrogen) atoms. The molecule has 1 aromatic carbocycles. The standard InChI is InChI=1S/C11H14ClFN2O2S2/c12-11-7(5-14)3-9(4-10(11)13)19(16,17)15-8-1-2-18-6-8/h3-4,8,15H,1-2,5-6,14H2. The molecule has 0 amide bonds. The van der Waals surface area contributed by atoms with Crippen LogP contribution in [0.1, 0.15) is 12.0 Å². The van der Waals surface area contributed by atoms with Gasteiger partial charge in [-0.2, -0.15) is 11.8 Å². The Morgan fingerprint density at radius 3 is 2.84 bits per heavy atom. The van der Waals surface area contributed by atoms with E-state index in [0.717, 1.165) is 24.0 Å². The molecule has 4 nitrogen and oxygen atoms in total. The predicted octanol–water partition coefficient (Wildman–Crippen LogP) is 1.72. The fraction of sp³-hybridized carbons (Fsp3) is 0.455. The van der Waals surface area contributed by atoms with Crippen molar-refractivity contribution >= 4 is 33.4 Å². The summed E-state index contributed by atoms with van der Waals surface area (Å²) in [7, 11) is -3.73. The minimum absolute atomic E-state index is 0.0155. The van der Waals surface area contributed by atoms with Gasteiger partial charge in [0.15, 0.2) is 0 Å². The summed E-state index contributed by atoms with van der Waals surface area (Å²) in [5, 5.41) is -0.127. The second-order valence-corrected chi connectivity index (χ2v) is 7.51. The third-order valence-electron chi connectivity index (χ3n) is 2.86. The molecule has 0 bridgehead atoms. The van der Waals surface area contributed by atoms with Crippen molar-refractivity contribution < 1.29 is 12.8 Å². The lowest BCUT2D eigenvalue weighted by atomic mass is 10.2. The molecule has 1 fully saturated rings. The van der Waals surface area contributed by atoms with Crippen molar-refractivity contribution in [2.24, 2.45) is 5.73 Å². The zero-order chi connectivity index (χ0) is 14.0. The highest BCUT2D eigenvalue weighted by Gasteiger charge is 2.24. The lowest BCUT2D eigenvalue weighted by Crippen LogP contribution is -2.34. The molecule has 0 aliphatic carbocycles. The number of thioether (sulfide) groups is 1. The van der Waals surface area contributed by atoms with Gasteiger partial charge < -0.3 is 5.73 Å². The molecule has 8 heteroatoms. The summed E-state index contributed by atoms with van der Waals surface area (Å²) >= 11 is 7.40. The van der Waals surface area contributed by atoms with E-state index in [2.05, 4.69) is 4.72 Å². The fourth-order valence-corrected chi connectivity index (χ4v) is 4.61. The number of rotatable bonds is 4. The fourth-order valence-electron chi connectivity index (χ4n) is 1.84. The Hall–Kier alpha value is -0.340. The molecule has 1 aliphatic rings. The first-order valence-corrected chi connectivity index (χ1v) is 8.73. The van der Waals surface area contributed by atoms with Gasteiger partial charge in [-0.25, -0.2) is 17.5 Å². The van der Waals surface area contributed by atoms with Crippen LogP contribution in [0.5, 0.6) is 0 Å². The van der Waals surface area contributed by atoms with Crippen LogP contribution in [0, 0.1) is 5.82 Å². The number of hydrogen-bond acceptors (Lipinski definition) is 4. The largest absolute Gasteiger partial charge is 0.326 e. The van der Waals surface area contributed by atoms with Crippen molar-refractivity contribution in [3.05, 3.63) is 28.5 Å². The van der Waals surface area contributed by atoms with Crippen LogP contribution < -0.4 is 10.5 Å². The molecule has 1 aromatic rings. The van der Waals surface area contributed by atoms with Crippen molar-refractivity contribution in [1.82, 2.24) is 4.72 Å². The van der Waals surface area contributed by atoms with Gasteiger partial charge in [0.2, 0.25) is 10.0 Å². The summed E-state index contributed by atoms with van der Waals surface area (Å²) < 4.78 is 40.5. The van der Waals surface area contributed by atoms with Gasteiger partial charge >= 0.3 is 0 Å². The average Bonchev–Trinajstić information content (AvgIpc) is 2.84. The van der Waals surface area contributed by atoms with Gasteiger partial charge in [0, 0.05) is 18.3 Å². The zero-order valence-corrected chi connectivity index (χ0v) is 12.4. The normalized spacial score (nSPS) is 19.8. The van der Waals surface area contributed by atoms with E-state index in [1.807, 2.05) is 0 Å². The number of sulfonamides is 1. The summed E-state index contributed by atoms with van der Waals surface area (Å²) in [6, 6.07) is 2.14. The second-order valence-electron chi connectivity index (χ2n) is 4.26. The third kappa shape index (κ3) is 3.41. The monoisotopic (exact) mass is 324 g/mol. The first-order valence-electron chi connectivity index (χ1n) is 5.72. The van der Waals surface area contributed by atoms with Gasteiger partial charge in [-0.15, -0.1) is 0 Å². The van der Waals surface area contributed by atoms with E-state index in [1.165, 1.54) is 6.07 Å². The molecule has 0 spiro atoms. The van der Waals surface area contributed by atoms with Crippen LogP contribution in [0.15, 0.2) is 17.0 Å². The predicted molar refractivity (Wildman–Crippen MR) is 75.4 cm³/mol. The molecular weight excluding hydrogens is 311 g/mol. The highest BCUT2D eigenvalue weighted by atomic mass is 35.5. The van der Waals surface area contributed by atoms with Crippen molar-refractivity contribution in [1.29, 1.82) is 0 Å². The van der Waals surface area contributed by atoms with Gasteiger partial charge in [-0.1, -0.05) is 11.6 Å². The van der Waals surface area contributed by atoms with E-state index < -0.39 is 15.8 Å². The number of halogens is 2. The topological polar surface area (TPSA) is 72.2 Å². The van der Waals surface area contributed by atoms with E-state index in [-0.39, 0.29) is 28.1 Å². The van der Waals surface area contributed by atoms with Gasteiger partial charge in [0.1, 0.15) is 5.82 Å². The molecule has 1 unspecified atom stereocenters. The Morgan fingerprint density at radius 1 is 1.53 bits per heavy atom. The Balaban J connectivity index is 2.31. The SMILES string of the molecule is NCc1cc(S(=O)(=O)NC2CCSC2)cc(F)c1Cl. The first kappa shape index (κ1) is 15.1. The van der Waals surface area contributed by atoms with E-state index in [4.69, 9.17) is 17.3 Å². The quantitative estimate of drug-likeness (QED) is 0.884. The summed E-state index contributed by atoms with van der Waals surface area (Å²) in [5.74, 6) is 0.890. The van der Waals surface area contributed by atoms with Gasteiger partial charge in [-0.05, 0) is 29.9 Å². The molecule has 1 heterocycles. The van der Waals surface area contributed by atoms with Crippen LogP contribution >= 0.6 is 23.4 Å². The van der Waals surface area contributed by atoms with Crippen LogP contribution in [-0.4, -0.2) is 26.0 Å². The van der Waals surface area contributed by atoms with Gasteiger partial charge in [0.05, 0.1) is 9.92 Å². The summed E-state index contributed by atoms with van der Waals surface area (Å²) in [4.78, 5) is -0.133. The summed E-state index contributed by atoms with van der Waals surface area (Å²) in [5.41, 5.74) is 5.71. The maximum Gasteiger partial charge on any atom is 0.240 e. The van der Waals surface area contributed by atoms with Crippen molar-refractivity contribution in [2.75, 3.05) is 11.5 Å². The Morgan fingerprint density at radius 2 is 2.26 bits per heavy atom. The highest BCUT2D eigenvalue weighted by Crippen LogP contribution is 2.25.